The molecule has 2 N–H and O–H groups in total. The molecule has 1 aromatic heterocycles. The average molecular weight is 303 g/mol. The monoisotopic (exact) mass is 303 g/mol. The Bertz CT molecular complexity index is 576. The fourth-order valence-corrected chi connectivity index (χ4v) is 1.76. The fourth-order valence-electron chi connectivity index (χ4n) is 1.76. The molecule has 0 unspecified atom stereocenters. The van der Waals surface area contributed by atoms with E-state index in [0.29, 0.717) is 24.6 Å². The van der Waals surface area contributed by atoms with Crippen molar-refractivity contribution >= 4 is 11.7 Å². The minimum atomic E-state index is -0.281. The molecule has 0 saturated heterocycles. The van der Waals surface area contributed by atoms with E-state index in [1.165, 1.54) is 12.1 Å². The number of amides is 2. The van der Waals surface area contributed by atoms with Crippen molar-refractivity contribution in [2.45, 2.75) is 12.8 Å². The Hall–Kier alpha value is -2.63. The van der Waals surface area contributed by atoms with E-state index in [4.69, 9.17) is 4.74 Å². The highest BCUT2D eigenvalue weighted by atomic mass is 19.1. The van der Waals surface area contributed by atoms with Crippen LogP contribution in [-0.2, 0) is 0 Å². The van der Waals surface area contributed by atoms with E-state index in [0.717, 1.165) is 12.8 Å². The molecule has 22 heavy (non-hydrogen) atoms. The summed E-state index contributed by atoms with van der Waals surface area (Å²) in [4.78, 5) is 15.5. The number of unbranched alkanes of at least 4 members (excludes halogenated alkanes) is 1. The van der Waals surface area contributed by atoms with Gasteiger partial charge in [-0.1, -0.05) is 0 Å². The number of hydrogen-bond acceptors (Lipinski definition) is 3. The minimum Gasteiger partial charge on any atom is -0.494 e. The summed E-state index contributed by atoms with van der Waals surface area (Å²) in [6.07, 6.45) is 4.81. The predicted octanol–water partition coefficient (Wildman–Crippen LogP) is 3.20. The molecule has 0 radical (unpaired) electrons. The van der Waals surface area contributed by atoms with Crippen LogP contribution in [0.4, 0.5) is 14.9 Å². The molecule has 5 nitrogen and oxygen atoms in total. The highest BCUT2D eigenvalue weighted by Gasteiger charge is 2.00. The number of anilines is 1. The molecular weight excluding hydrogens is 285 g/mol. The van der Waals surface area contributed by atoms with Gasteiger partial charge in [0.1, 0.15) is 11.6 Å². The molecule has 1 aromatic carbocycles. The van der Waals surface area contributed by atoms with Gasteiger partial charge in [-0.3, -0.25) is 4.98 Å². The first kappa shape index (κ1) is 15.8. The zero-order chi connectivity index (χ0) is 15.6. The molecule has 0 aliphatic rings. The van der Waals surface area contributed by atoms with E-state index in [1.54, 1.807) is 36.7 Å². The quantitative estimate of drug-likeness (QED) is 0.772. The minimum absolute atomic E-state index is 0.257. The van der Waals surface area contributed by atoms with Crippen LogP contribution in [0, 0.1) is 5.82 Å². The normalized spacial score (nSPS) is 10.0. The van der Waals surface area contributed by atoms with Crippen LogP contribution in [0.5, 0.6) is 5.75 Å². The molecule has 1 heterocycles. The second-order valence-corrected chi connectivity index (χ2v) is 4.63. The Morgan fingerprint density at radius 3 is 2.73 bits per heavy atom. The summed E-state index contributed by atoms with van der Waals surface area (Å²) in [5, 5.41) is 5.44. The lowest BCUT2D eigenvalue weighted by atomic mass is 10.3. The average Bonchev–Trinajstić information content (AvgIpc) is 2.53. The maximum atomic E-state index is 12.7. The number of urea groups is 1. The molecule has 0 saturated carbocycles. The van der Waals surface area contributed by atoms with Gasteiger partial charge >= 0.3 is 6.03 Å². The van der Waals surface area contributed by atoms with Crippen molar-refractivity contribution in [1.82, 2.24) is 10.3 Å². The summed E-state index contributed by atoms with van der Waals surface area (Å²) in [6, 6.07) is 9.17. The number of carbonyl (C=O) groups is 1. The van der Waals surface area contributed by atoms with Gasteiger partial charge in [-0.05, 0) is 49.2 Å². The maximum Gasteiger partial charge on any atom is 0.319 e. The van der Waals surface area contributed by atoms with Crippen LogP contribution in [-0.4, -0.2) is 24.2 Å². The lowest BCUT2D eigenvalue weighted by Crippen LogP contribution is -2.29. The van der Waals surface area contributed by atoms with Gasteiger partial charge in [-0.25, -0.2) is 9.18 Å². The Morgan fingerprint density at radius 2 is 2.00 bits per heavy atom. The molecule has 2 aromatic rings. The SMILES string of the molecule is O=C(NCCCCOc1ccc(F)cc1)Nc1cccnc1. The van der Waals surface area contributed by atoms with E-state index in [9.17, 15) is 9.18 Å². The maximum absolute atomic E-state index is 12.7. The van der Waals surface area contributed by atoms with Gasteiger partial charge < -0.3 is 15.4 Å². The highest BCUT2D eigenvalue weighted by molar-refractivity contribution is 5.88. The molecular formula is C16H18FN3O2. The van der Waals surface area contributed by atoms with Crippen molar-refractivity contribution in [1.29, 1.82) is 0 Å². The molecule has 0 spiro atoms. The molecule has 6 heteroatoms. The summed E-state index contributed by atoms with van der Waals surface area (Å²) < 4.78 is 18.2. The zero-order valence-corrected chi connectivity index (χ0v) is 12.1. The molecule has 0 aliphatic heterocycles. The molecule has 0 fully saturated rings. The molecule has 2 amide bonds. The summed E-state index contributed by atoms with van der Waals surface area (Å²) >= 11 is 0. The van der Waals surface area contributed by atoms with E-state index < -0.39 is 0 Å². The Morgan fingerprint density at radius 1 is 1.18 bits per heavy atom. The fraction of sp³-hybridized carbons (Fsp3) is 0.250. The topological polar surface area (TPSA) is 63.2 Å². The number of rotatable bonds is 7. The summed E-state index contributed by atoms with van der Waals surface area (Å²) in [5.74, 6) is 0.361. The Kier molecular flexibility index (Phi) is 6.17. The zero-order valence-electron chi connectivity index (χ0n) is 12.1. The van der Waals surface area contributed by atoms with Crippen LogP contribution in [0.15, 0.2) is 48.8 Å². The van der Waals surface area contributed by atoms with Crippen molar-refractivity contribution < 1.29 is 13.9 Å². The van der Waals surface area contributed by atoms with E-state index in [2.05, 4.69) is 15.6 Å². The van der Waals surface area contributed by atoms with Crippen molar-refractivity contribution in [3.05, 3.63) is 54.6 Å². The van der Waals surface area contributed by atoms with Gasteiger partial charge in [0.2, 0.25) is 0 Å². The van der Waals surface area contributed by atoms with Gasteiger partial charge in [0.25, 0.3) is 0 Å². The Labute approximate surface area is 128 Å². The van der Waals surface area contributed by atoms with Gasteiger partial charge in [-0.2, -0.15) is 0 Å². The van der Waals surface area contributed by atoms with Crippen molar-refractivity contribution in [2.75, 3.05) is 18.5 Å². The van der Waals surface area contributed by atoms with Crippen LogP contribution in [0.2, 0.25) is 0 Å². The third kappa shape index (κ3) is 5.78. The highest BCUT2D eigenvalue weighted by Crippen LogP contribution is 2.11. The third-order valence-corrected chi connectivity index (χ3v) is 2.86. The first-order valence-corrected chi connectivity index (χ1v) is 7.07. The van der Waals surface area contributed by atoms with Gasteiger partial charge in [-0.15, -0.1) is 0 Å². The number of benzene rings is 1. The van der Waals surface area contributed by atoms with Crippen molar-refractivity contribution in [3.63, 3.8) is 0 Å². The van der Waals surface area contributed by atoms with E-state index in [1.807, 2.05) is 0 Å². The summed E-state index contributed by atoms with van der Waals surface area (Å²) in [5.41, 5.74) is 0.652. The third-order valence-electron chi connectivity index (χ3n) is 2.86. The predicted molar refractivity (Wildman–Crippen MR) is 82.4 cm³/mol. The van der Waals surface area contributed by atoms with Crippen molar-refractivity contribution in [2.24, 2.45) is 0 Å². The van der Waals surface area contributed by atoms with Crippen molar-refractivity contribution in [3.8, 4) is 5.75 Å². The number of aromatic nitrogens is 1. The molecule has 0 aliphatic carbocycles. The van der Waals surface area contributed by atoms with E-state index in [-0.39, 0.29) is 11.8 Å². The van der Waals surface area contributed by atoms with Crippen LogP contribution >= 0.6 is 0 Å². The van der Waals surface area contributed by atoms with Crippen LogP contribution < -0.4 is 15.4 Å². The lowest BCUT2D eigenvalue weighted by molar-refractivity contribution is 0.251. The summed E-state index contributed by atoms with van der Waals surface area (Å²) in [6.45, 7) is 1.08. The number of ether oxygens (including phenoxy) is 1. The number of nitrogens with one attached hydrogen (secondary N) is 2. The number of nitrogens with zero attached hydrogens (tertiary/aromatic N) is 1. The largest absolute Gasteiger partial charge is 0.494 e. The molecule has 0 bridgehead atoms. The van der Waals surface area contributed by atoms with Crippen LogP contribution in [0.3, 0.4) is 0 Å². The van der Waals surface area contributed by atoms with Crippen LogP contribution in [0.1, 0.15) is 12.8 Å². The molecule has 0 atom stereocenters. The second kappa shape index (κ2) is 8.61. The smallest absolute Gasteiger partial charge is 0.319 e. The first-order valence-electron chi connectivity index (χ1n) is 7.07. The number of pyridine rings is 1. The van der Waals surface area contributed by atoms with Gasteiger partial charge in [0, 0.05) is 12.7 Å². The first-order chi connectivity index (χ1) is 10.7. The number of hydrogen-bond donors (Lipinski definition) is 2. The summed E-state index contributed by atoms with van der Waals surface area (Å²) in [7, 11) is 0. The second-order valence-electron chi connectivity index (χ2n) is 4.63. The molecule has 116 valence electrons. The van der Waals surface area contributed by atoms with E-state index >= 15 is 0 Å². The van der Waals surface area contributed by atoms with Gasteiger partial charge in [0.15, 0.2) is 0 Å². The van der Waals surface area contributed by atoms with Crippen LogP contribution in [0.25, 0.3) is 0 Å². The number of halogens is 1. The lowest BCUT2D eigenvalue weighted by Gasteiger charge is -2.08. The number of carbonyl (C=O) groups excluding carboxylic acids is 1. The standard InChI is InChI=1S/C16H18FN3O2/c17-13-5-7-15(8-6-13)22-11-2-1-10-19-16(21)20-14-4-3-9-18-12-14/h3-9,12H,1-2,10-11H2,(H2,19,20,21). The Balaban J connectivity index is 1.54. The molecule has 2 rings (SSSR count). The van der Waals surface area contributed by atoms with Gasteiger partial charge in [0.05, 0.1) is 18.5 Å².